The van der Waals surface area contributed by atoms with Crippen molar-refractivity contribution in [1.82, 2.24) is 0 Å². The lowest BCUT2D eigenvalue weighted by molar-refractivity contribution is 0.0694. The van der Waals surface area contributed by atoms with Crippen LogP contribution in [-0.2, 0) is 0 Å². The summed E-state index contributed by atoms with van der Waals surface area (Å²) in [6.07, 6.45) is 20.1. The van der Waals surface area contributed by atoms with Crippen LogP contribution in [0.4, 0.5) is 0 Å². The Morgan fingerprint density at radius 1 is 0.735 bits per heavy atom. The SMILES string of the molecule is CCCCCCCCCCCCCCCCC(C)c1cccc(C(=O)O)c1Oc1ccccc1. The van der Waals surface area contributed by atoms with Crippen LogP contribution in [0.5, 0.6) is 11.5 Å². The lowest BCUT2D eigenvalue weighted by Gasteiger charge is -2.19. The number of aromatic carboxylic acids is 1. The molecule has 0 amide bonds. The summed E-state index contributed by atoms with van der Waals surface area (Å²) in [7, 11) is 0. The average molecular weight is 467 g/mol. The Hall–Kier alpha value is -2.29. The maximum absolute atomic E-state index is 11.8. The second kappa shape index (κ2) is 17.2. The third-order valence-electron chi connectivity index (χ3n) is 6.76. The van der Waals surface area contributed by atoms with Gasteiger partial charge in [-0.15, -0.1) is 0 Å². The molecule has 0 bridgehead atoms. The van der Waals surface area contributed by atoms with E-state index in [0.29, 0.717) is 11.5 Å². The van der Waals surface area contributed by atoms with Crippen LogP contribution in [0, 0.1) is 0 Å². The summed E-state index contributed by atoms with van der Waals surface area (Å²) >= 11 is 0. The van der Waals surface area contributed by atoms with Crippen LogP contribution in [0.3, 0.4) is 0 Å². The van der Waals surface area contributed by atoms with Gasteiger partial charge in [-0.05, 0) is 36.1 Å². The molecule has 188 valence electrons. The summed E-state index contributed by atoms with van der Waals surface area (Å²) in [5, 5.41) is 9.68. The molecule has 0 aliphatic carbocycles. The molecule has 3 heteroatoms. The van der Waals surface area contributed by atoms with Crippen molar-refractivity contribution >= 4 is 5.97 Å². The minimum Gasteiger partial charge on any atom is -0.478 e. The maximum Gasteiger partial charge on any atom is 0.339 e. The number of para-hydroxylation sites is 2. The normalized spacial score (nSPS) is 11.9. The topological polar surface area (TPSA) is 46.5 Å². The van der Waals surface area contributed by atoms with Gasteiger partial charge in [0.1, 0.15) is 17.1 Å². The van der Waals surface area contributed by atoms with Crippen LogP contribution >= 0.6 is 0 Å². The first kappa shape index (κ1) is 28.0. The Kier molecular flexibility index (Phi) is 14.1. The van der Waals surface area contributed by atoms with Crippen molar-refractivity contribution in [2.45, 2.75) is 116 Å². The Morgan fingerprint density at radius 2 is 1.26 bits per heavy atom. The number of benzene rings is 2. The van der Waals surface area contributed by atoms with Crippen LogP contribution in [0.15, 0.2) is 48.5 Å². The molecule has 2 aromatic carbocycles. The van der Waals surface area contributed by atoms with Crippen LogP contribution in [0.2, 0.25) is 0 Å². The zero-order chi connectivity index (χ0) is 24.4. The van der Waals surface area contributed by atoms with Gasteiger partial charge in [0.25, 0.3) is 0 Å². The highest BCUT2D eigenvalue weighted by molar-refractivity contribution is 5.91. The largest absolute Gasteiger partial charge is 0.478 e. The summed E-state index contributed by atoms with van der Waals surface area (Å²) in [6, 6.07) is 14.9. The average Bonchev–Trinajstić information content (AvgIpc) is 2.84. The lowest BCUT2D eigenvalue weighted by Crippen LogP contribution is -2.05. The third kappa shape index (κ3) is 10.8. The summed E-state index contributed by atoms with van der Waals surface area (Å²) in [5.41, 5.74) is 1.22. The number of rotatable bonds is 19. The molecule has 1 N–H and O–H groups in total. The van der Waals surface area contributed by atoms with Gasteiger partial charge >= 0.3 is 5.97 Å². The highest BCUT2D eigenvalue weighted by atomic mass is 16.5. The molecule has 1 atom stereocenters. The van der Waals surface area contributed by atoms with Gasteiger partial charge in [0.05, 0.1) is 0 Å². The number of carboxylic acid groups (broad SMARTS) is 1. The van der Waals surface area contributed by atoms with E-state index < -0.39 is 5.97 Å². The van der Waals surface area contributed by atoms with E-state index >= 15 is 0 Å². The summed E-state index contributed by atoms with van der Waals surface area (Å²) in [4.78, 5) is 11.8. The van der Waals surface area contributed by atoms with Gasteiger partial charge in [0.15, 0.2) is 0 Å². The zero-order valence-corrected chi connectivity index (χ0v) is 21.6. The Labute approximate surface area is 207 Å². The summed E-state index contributed by atoms with van der Waals surface area (Å²) < 4.78 is 6.07. The Bertz CT molecular complexity index is 800. The number of carbonyl (C=O) groups is 1. The number of hydrogen-bond acceptors (Lipinski definition) is 2. The monoisotopic (exact) mass is 466 g/mol. The first-order chi connectivity index (χ1) is 16.6. The highest BCUT2D eigenvalue weighted by Crippen LogP contribution is 2.36. The predicted octanol–water partition coefficient (Wildman–Crippen LogP) is 10.2. The third-order valence-corrected chi connectivity index (χ3v) is 6.76. The van der Waals surface area contributed by atoms with Crippen molar-refractivity contribution in [2.75, 3.05) is 0 Å². The first-order valence-corrected chi connectivity index (χ1v) is 13.7. The molecule has 1 unspecified atom stereocenters. The second-order valence-corrected chi connectivity index (χ2v) is 9.73. The van der Waals surface area contributed by atoms with Gasteiger partial charge in [-0.1, -0.05) is 134 Å². The molecule has 0 fully saturated rings. The van der Waals surface area contributed by atoms with E-state index in [0.717, 1.165) is 12.0 Å². The van der Waals surface area contributed by atoms with E-state index in [-0.39, 0.29) is 11.5 Å². The van der Waals surface area contributed by atoms with E-state index in [1.54, 1.807) is 6.07 Å². The minimum atomic E-state index is -0.948. The number of ether oxygens (including phenoxy) is 1. The summed E-state index contributed by atoms with van der Waals surface area (Å²) in [6.45, 7) is 4.46. The molecule has 3 nitrogen and oxygen atoms in total. The standard InChI is InChI=1S/C31H46O3/c1-3-4-5-6-7-8-9-10-11-12-13-14-15-17-21-26(2)28-24-20-25-29(31(32)33)30(28)34-27-22-18-16-19-23-27/h16,18-20,22-26H,3-15,17,21H2,1-2H3,(H,32,33). The molecule has 0 spiro atoms. The molecule has 2 rings (SSSR count). The molecular formula is C31H46O3. The van der Waals surface area contributed by atoms with Crippen LogP contribution < -0.4 is 4.74 Å². The Morgan fingerprint density at radius 3 is 1.79 bits per heavy atom. The van der Waals surface area contributed by atoms with Crippen LogP contribution in [0.1, 0.15) is 132 Å². The smallest absolute Gasteiger partial charge is 0.339 e. The van der Waals surface area contributed by atoms with Gasteiger partial charge in [0, 0.05) is 0 Å². The van der Waals surface area contributed by atoms with E-state index in [2.05, 4.69) is 13.8 Å². The first-order valence-electron chi connectivity index (χ1n) is 13.7. The van der Waals surface area contributed by atoms with Gasteiger partial charge < -0.3 is 9.84 Å². The predicted molar refractivity (Wildman–Crippen MR) is 143 cm³/mol. The van der Waals surface area contributed by atoms with Gasteiger partial charge in [-0.3, -0.25) is 0 Å². The van der Waals surface area contributed by atoms with Gasteiger partial charge in [-0.25, -0.2) is 4.79 Å². The number of hydrogen-bond donors (Lipinski definition) is 1. The van der Waals surface area contributed by atoms with Gasteiger partial charge in [0.2, 0.25) is 0 Å². The van der Waals surface area contributed by atoms with Crippen molar-refractivity contribution in [3.8, 4) is 11.5 Å². The second-order valence-electron chi connectivity index (χ2n) is 9.73. The minimum absolute atomic E-state index is 0.231. The van der Waals surface area contributed by atoms with Crippen molar-refractivity contribution in [1.29, 1.82) is 0 Å². The quantitative estimate of drug-likeness (QED) is 0.209. The molecule has 0 aliphatic heterocycles. The molecule has 0 saturated heterocycles. The molecule has 0 saturated carbocycles. The van der Waals surface area contributed by atoms with Crippen molar-refractivity contribution in [3.63, 3.8) is 0 Å². The molecular weight excluding hydrogens is 420 g/mol. The van der Waals surface area contributed by atoms with E-state index in [9.17, 15) is 9.90 Å². The molecule has 2 aromatic rings. The van der Waals surface area contributed by atoms with Crippen LogP contribution in [0.25, 0.3) is 0 Å². The zero-order valence-electron chi connectivity index (χ0n) is 21.6. The number of carboxylic acids is 1. The molecule has 0 aliphatic rings. The summed E-state index contributed by atoms with van der Waals surface area (Å²) in [5.74, 6) is 0.465. The Balaban J connectivity index is 1.67. The molecule has 0 radical (unpaired) electrons. The van der Waals surface area contributed by atoms with Crippen LogP contribution in [-0.4, -0.2) is 11.1 Å². The van der Waals surface area contributed by atoms with E-state index in [1.807, 2.05) is 42.5 Å². The van der Waals surface area contributed by atoms with Gasteiger partial charge in [-0.2, -0.15) is 0 Å². The highest BCUT2D eigenvalue weighted by Gasteiger charge is 2.20. The molecule has 0 aromatic heterocycles. The van der Waals surface area contributed by atoms with Crippen molar-refractivity contribution in [3.05, 3.63) is 59.7 Å². The van der Waals surface area contributed by atoms with Crippen molar-refractivity contribution in [2.24, 2.45) is 0 Å². The fraction of sp³-hybridized carbons (Fsp3) is 0.581. The van der Waals surface area contributed by atoms with Crippen molar-refractivity contribution < 1.29 is 14.6 Å². The molecule has 0 heterocycles. The fourth-order valence-corrected chi connectivity index (χ4v) is 4.63. The molecule has 34 heavy (non-hydrogen) atoms. The maximum atomic E-state index is 11.8. The lowest BCUT2D eigenvalue weighted by atomic mass is 9.92. The fourth-order valence-electron chi connectivity index (χ4n) is 4.63. The van der Waals surface area contributed by atoms with E-state index in [1.165, 1.54) is 89.9 Å². The number of unbranched alkanes of at least 4 members (excludes halogenated alkanes) is 13. The van der Waals surface area contributed by atoms with E-state index in [4.69, 9.17) is 4.74 Å².